The summed E-state index contributed by atoms with van der Waals surface area (Å²) in [5.41, 5.74) is 4.26. The van der Waals surface area contributed by atoms with Crippen molar-refractivity contribution in [1.29, 1.82) is 5.26 Å². The zero-order valence-corrected chi connectivity index (χ0v) is 20.5. The zero-order chi connectivity index (χ0) is 24.6. The topological polar surface area (TPSA) is 85.5 Å². The van der Waals surface area contributed by atoms with Crippen LogP contribution in [-0.2, 0) is 9.47 Å². The SMILES string of the molecule is CC(OC(=O)Nc1ccc(-c2c(C#N)c3ccc(OC4CCOCC4)cc3n2C2CC2)cc1)C1CC1. The quantitative estimate of drug-likeness (QED) is 0.417. The van der Waals surface area contributed by atoms with E-state index >= 15 is 0 Å². The van der Waals surface area contributed by atoms with Gasteiger partial charge in [0.05, 0.1) is 30.0 Å². The van der Waals surface area contributed by atoms with Gasteiger partial charge in [-0.15, -0.1) is 0 Å². The van der Waals surface area contributed by atoms with E-state index in [4.69, 9.17) is 14.2 Å². The summed E-state index contributed by atoms with van der Waals surface area (Å²) in [6, 6.07) is 16.6. The minimum Gasteiger partial charge on any atom is -0.490 e. The van der Waals surface area contributed by atoms with E-state index < -0.39 is 6.09 Å². The smallest absolute Gasteiger partial charge is 0.411 e. The van der Waals surface area contributed by atoms with Crippen molar-refractivity contribution < 1.29 is 19.0 Å². The third-order valence-corrected chi connectivity index (χ3v) is 7.45. The summed E-state index contributed by atoms with van der Waals surface area (Å²) in [6.07, 6.45) is 5.91. The fourth-order valence-electron chi connectivity index (χ4n) is 5.15. The Kier molecular flexibility index (Phi) is 6.06. The van der Waals surface area contributed by atoms with Crippen molar-refractivity contribution in [3.8, 4) is 23.1 Å². The second-order valence-electron chi connectivity index (χ2n) is 10.2. The number of aromatic nitrogens is 1. The van der Waals surface area contributed by atoms with Crippen LogP contribution >= 0.6 is 0 Å². The zero-order valence-electron chi connectivity index (χ0n) is 20.5. The molecule has 2 saturated carbocycles. The van der Waals surface area contributed by atoms with Gasteiger partial charge in [-0.2, -0.15) is 5.26 Å². The summed E-state index contributed by atoms with van der Waals surface area (Å²) >= 11 is 0. The van der Waals surface area contributed by atoms with Crippen molar-refractivity contribution >= 4 is 22.7 Å². The Morgan fingerprint density at radius 3 is 2.50 bits per heavy atom. The average Bonchev–Trinajstić information content (AvgIpc) is 3.81. The molecule has 0 bridgehead atoms. The molecule has 1 unspecified atom stereocenters. The van der Waals surface area contributed by atoms with Crippen LogP contribution in [0, 0.1) is 17.2 Å². The Hall–Kier alpha value is -3.50. The summed E-state index contributed by atoms with van der Waals surface area (Å²) in [5, 5.41) is 13.9. The number of fused-ring (bicyclic) bond motifs is 1. The highest BCUT2D eigenvalue weighted by atomic mass is 16.6. The molecule has 1 aliphatic heterocycles. The van der Waals surface area contributed by atoms with Crippen LogP contribution in [0.3, 0.4) is 0 Å². The number of hydrogen-bond acceptors (Lipinski definition) is 5. The van der Waals surface area contributed by atoms with Gasteiger partial charge in [0.15, 0.2) is 0 Å². The molecule has 0 spiro atoms. The van der Waals surface area contributed by atoms with Crippen LogP contribution in [-0.4, -0.2) is 36.1 Å². The first-order chi connectivity index (χ1) is 17.6. The minimum absolute atomic E-state index is 0.0583. The fraction of sp³-hybridized carbons (Fsp3) is 0.448. The van der Waals surface area contributed by atoms with E-state index in [9.17, 15) is 10.1 Å². The first-order valence-electron chi connectivity index (χ1n) is 13.0. The Labute approximate surface area is 210 Å². The van der Waals surface area contributed by atoms with Crippen LogP contribution in [0.1, 0.15) is 57.1 Å². The summed E-state index contributed by atoms with van der Waals surface area (Å²) in [6.45, 7) is 3.41. The van der Waals surface area contributed by atoms with Crippen LogP contribution in [0.5, 0.6) is 5.75 Å². The largest absolute Gasteiger partial charge is 0.490 e. The second kappa shape index (κ2) is 9.51. The van der Waals surface area contributed by atoms with Crippen molar-refractivity contribution in [1.82, 2.24) is 4.57 Å². The van der Waals surface area contributed by atoms with E-state index in [0.29, 0.717) is 23.2 Å². The van der Waals surface area contributed by atoms with Gasteiger partial charge in [0.1, 0.15) is 24.0 Å². The first-order valence-corrected chi connectivity index (χ1v) is 13.0. The normalized spacial score (nSPS) is 19.0. The van der Waals surface area contributed by atoms with Gasteiger partial charge in [-0.1, -0.05) is 12.1 Å². The van der Waals surface area contributed by atoms with Crippen molar-refractivity contribution in [3.05, 3.63) is 48.0 Å². The van der Waals surface area contributed by atoms with E-state index in [1.54, 1.807) is 0 Å². The molecule has 3 aromatic rings. The molecule has 186 valence electrons. The Morgan fingerprint density at radius 1 is 1.08 bits per heavy atom. The van der Waals surface area contributed by atoms with E-state index in [1.165, 1.54) is 0 Å². The third-order valence-electron chi connectivity index (χ3n) is 7.45. The highest BCUT2D eigenvalue weighted by Crippen LogP contribution is 2.45. The molecule has 1 saturated heterocycles. The van der Waals surface area contributed by atoms with Gasteiger partial charge < -0.3 is 18.8 Å². The molecule has 3 fully saturated rings. The number of nitriles is 1. The summed E-state index contributed by atoms with van der Waals surface area (Å²) < 4.78 is 19.5. The van der Waals surface area contributed by atoms with Crippen molar-refractivity contribution in [2.24, 2.45) is 5.92 Å². The molecular formula is C29H31N3O4. The molecule has 1 N–H and O–H groups in total. The lowest BCUT2D eigenvalue weighted by atomic mass is 10.1. The molecule has 1 amide bonds. The number of nitrogens with one attached hydrogen (secondary N) is 1. The van der Waals surface area contributed by atoms with Gasteiger partial charge in [-0.25, -0.2) is 4.79 Å². The number of ether oxygens (including phenoxy) is 3. The maximum absolute atomic E-state index is 12.3. The number of carbonyl (C=O) groups is 1. The Balaban J connectivity index is 1.29. The monoisotopic (exact) mass is 485 g/mol. The predicted octanol–water partition coefficient (Wildman–Crippen LogP) is 6.42. The van der Waals surface area contributed by atoms with Crippen LogP contribution in [0.15, 0.2) is 42.5 Å². The van der Waals surface area contributed by atoms with Gasteiger partial charge >= 0.3 is 6.09 Å². The van der Waals surface area contributed by atoms with Gasteiger partial charge in [-0.05, 0) is 68.4 Å². The van der Waals surface area contributed by atoms with E-state index in [2.05, 4.69) is 22.0 Å². The number of nitrogens with zero attached hydrogens (tertiary/aromatic N) is 2. The molecule has 2 heterocycles. The molecule has 6 rings (SSSR count). The highest BCUT2D eigenvalue weighted by Gasteiger charge is 2.32. The minimum atomic E-state index is -0.427. The van der Waals surface area contributed by atoms with Gasteiger partial charge in [0, 0.05) is 36.0 Å². The second-order valence-corrected chi connectivity index (χ2v) is 10.2. The lowest BCUT2D eigenvalue weighted by molar-refractivity contribution is 0.0256. The lowest BCUT2D eigenvalue weighted by Gasteiger charge is -2.23. The summed E-state index contributed by atoms with van der Waals surface area (Å²) in [5.74, 6) is 1.33. The van der Waals surface area contributed by atoms with Gasteiger partial charge in [0.25, 0.3) is 0 Å². The Bertz CT molecular complexity index is 1310. The van der Waals surface area contributed by atoms with E-state index in [1.807, 2.05) is 43.3 Å². The predicted molar refractivity (Wildman–Crippen MR) is 137 cm³/mol. The lowest BCUT2D eigenvalue weighted by Crippen LogP contribution is -2.25. The van der Waals surface area contributed by atoms with Gasteiger partial charge in [-0.3, -0.25) is 5.32 Å². The van der Waals surface area contributed by atoms with Crippen molar-refractivity contribution in [3.63, 3.8) is 0 Å². The average molecular weight is 486 g/mol. The van der Waals surface area contributed by atoms with Crippen LogP contribution in [0.4, 0.5) is 10.5 Å². The standard InChI is InChI=1S/C29H31N3O4/c1-18(19-2-3-19)35-29(33)31-21-6-4-20(5-7-21)28-26(17-30)25-11-10-24(36-23-12-14-34-15-13-23)16-27(25)32(28)22-8-9-22/h4-7,10-11,16,18-19,22-23H,2-3,8-9,12-15H2,1H3,(H,31,33). The van der Waals surface area contributed by atoms with Crippen LogP contribution in [0.25, 0.3) is 22.2 Å². The molecule has 2 aliphatic carbocycles. The summed E-state index contributed by atoms with van der Waals surface area (Å²) in [4.78, 5) is 12.3. The molecule has 7 heteroatoms. The first kappa shape index (κ1) is 22.9. The molecule has 2 aromatic carbocycles. The summed E-state index contributed by atoms with van der Waals surface area (Å²) in [7, 11) is 0. The number of carbonyl (C=O) groups excluding carboxylic acids is 1. The van der Waals surface area contributed by atoms with Crippen molar-refractivity contribution in [2.45, 2.75) is 63.7 Å². The van der Waals surface area contributed by atoms with E-state index in [-0.39, 0.29) is 12.2 Å². The van der Waals surface area contributed by atoms with Crippen LogP contribution in [0.2, 0.25) is 0 Å². The maximum Gasteiger partial charge on any atom is 0.411 e. The molecule has 1 atom stereocenters. The third kappa shape index (κ3) is 4.66. The molecule has 3 aliphatic rings. The Morgan fingerprint density at radius 2 is 1.83 bits per heavy atom. The number of rotatable bonds is 7. The fourth-order valence-corrected chi connectivity index (χ4v) is 5.15. The molecule has 36 heavy (non-hydrogen) atoms. The number of benzene rings is 2. The van der Waals surface area contributed by atoms with E-state index in [0.717, 1.165) is 79.6 Å². The molecule has 0 radical (unpaired) electrons. The molecule has 7 nitrogen and oxygen atoms in total. The molecule has 1 aromatic heterocycles. The van der Waals surface area contributed by atoms with Crippen molar-refractivity contribution in [2.75, 3.05) is 18.5 Å². The van der Waals surface area contributed by atoms with Gasteiger partial charge in [0.2, 0.25) is 0 Å². The molecular weight excluding hydrogens is 454 g/mol. The number of amides is 1. The number of anilines is 1. The van der Waals surface area contributed by atoms with Crippen LogP contribution < -0.4 is 10.1 Å². The highest BCUT2D eigenvalue weighted by molar-refractivity contribution is 5.96. The maximum atomic E-state index is 12.3. The number of hydrogen-bond donors (Lipinski definition) is 1.